The SMILES string of the molecule is Cc1[nH]c2ccccc2c1/C(N=Nc1ccccc1Cl)=N\n1c(C)nc2ccc(Br)cc2c1=O. The summed E-state index contributed by atoms with van der Waals surface area (Å²) in [4.78, 5) is 21.3. The second kappa shape index (κ2) is 8.96. The summed E-state index contributed by atoms with van der Waals surface area (Å²) in [5.41, 5.74) is 3.32. The van der Waals surface area contributed by atoms with Gasteiger partial charge in [0.25, 0.3) is 5.56 Å². The molecule has 0 saturated carbocycles. The number of hydrogen-bond donors (Lipinski definition) is 1. The Morgan fingerprint density at radius 3 is 2.62 bits per heavy atom. The molecule has 0 unspecified atom stereocenters. The molecule has 5 rings (SSSR count). The Balaban J connectivity index is 1.78. The van der Waals surface area contributed by atoms with Crippen molar-refractivity contribution < 1.29 is 0 Å². The molecule has 2 heterocycles. The highest BCUT2D eigenvalue weighted by atomic mass is 79.9. The summed E-state index contributed by atoms with van der Waals surface area (Å²) in [6.45, 7) is 3.67. The maximum absolute atomic E-state index is 13.4. The number of para-hydroxylation sites is 1. The average molecular weight is 534 g/mol. The van der Waals surface area contributed by atoms with Gasteiger partial charge in [-0.3, -0.25) is 4.79 Å². The van der Waals surface area contributed by atoms with Crippen LogP contribution in [0, 0.1) is 13.8 Å². The molecule has 0 fully saturated rings. The van der Waals surface area contributed by atoms with E-state index in [4.69, 9.17) is 11.6 Å². The van der Waals surface area contributed by atoms with Crippen molar-refractivity contribution in [2.45, 2.75) is 13.8 Å². The number of H-pyrrole nitrogens is 1. The minimum atomic E-state index is -0.299. The largest absolute Gasteiger partial charge is 0.358 e. The number of aromatic nitrogens is 3. The Labute approximate surface area is 208 Å². The lowest BCUT2D eigenvalue weighted by Crippen LogP contribution is -2.22. The molecule has 0 radical (unpaired) electrons. The van der Waals surface area contributed by atoms with Crippen molar-refractivity contribution in [1.82, 2.24) is 14.6 Å². The molecule has 34 heavy (non-hydrogen) atoms. The third kappa shape index (κ3) is 4.06. The normalized spacial score (nSPS) is 12.3. The van der Waals surface area contributed by atoms with Crippen LogP contribution in [-0.2, 0) is 0 Å². The van der Waals surface area contributed by atoms with Gasteiger partial charge < -0.3 is 4.98 Å². The van der Waals surface area contributed by atoms with E-state index in [9.17, 15) is 4.79 Å². The topological polar surface area (TPSA) is 87.8 Å². The van der Waals surface area contributed by atoms with Gasteiger partial charge in [0.1, 0.15) is 11.5 Å². The van der Waals surface area contributed by atoms with Crippen LogP contribution in [0.4, 0.5) is 5.69 Å². The number of aryl methyl sites for hydroxylation is 2. The molecular formula is C25H18BrClN6O. The van der Waals surface area contributed by atoms with E-state index in [2.05, 4.69) is 41.2 Å². The number of amidine groups is 1. The van der Waals surface area contributed by atoms with Crippen LogP contribution >= 0.6 is 27.5 Å². The fraction of sp³-hybridized carbons (Fsp3) is 0.0800. The Morgan fingerprint density at radius 1 is 1.03 bits per heavy atom. The molecule has 0 amide bonds. The van der Waals surface area contributed by atoms with Crippen molar-refractivity contribution in [1.29, 1.82) is 0 Å². The van der Waals surface area contributed by atoms with Crippen LogP contribution in [0.25, 0.3) is 21.8 Å². The smallest absolute Gasteiger partial charge is 0.282 e. The number of rotatable bonds is 3. The van der Waals surface area contributed by atoms with Gasteiger partial charge in [0.15, 0.2) is 0 Å². The lowest BCUT2D eigenvalue weighted by molar-refractivity contribution is 0.764. The third-order valence-corrected chi connectivity index (χ3v) is 6.20. The minimum Gasteiger partial charge on any atom is -0.358 e. The van der Waals surface area contributed by atoms with E-state index in [1.807, 2.05) is 49.4 Å². The van der Waals surface area contributed by atoms with Crippen molar-refractivity contribution in [3.05, 3.63) is 104 Å². The lowest BCUT2D eigenvalue weighted by atomic mass is 10.1. The molecule has 0 aliphatic heterocycles. The number of benzene rings is 3. The fourth-order valence-electron chi connectivity index (χ4n) is 3.79. The van der Waals surface area contributed by atoms with E-state index >= 15 is 0 Å². The van der Waals surface area contributed by atoms with Crippen molar-refractivity contribution in [2.24, 2.45) is 15.3 Å². The van der Waals surface area contributed by atoms with Crippen molar-refractivity contribution >= 4 is 60.9 Å². The summed E-state index contributed by atoms with van der Waals surface area (Å²) < 4.78 is 2.04. The Bertz CT molecular complexity index is 1680. The summed E-state index contributed by atoms with van der Waals surface area (Å²) >= 11 is 9.70. The van der Waals surface area contributed by atoms with Crippen LogP contribution in [0.2, 0.25) is 5.02 Å². The van der Waals surface area contributed by atoms with Crippen LogP contribution < -0.4 is 5.56 Å². The monoisotopic (exact) mass is 532 g/mol. The highest BCUT2D eigenvalue weighted by molar-refractivity contribution is 9.10. The van der Waals surface area contributed by atoms with E-state index in [0.717, 1.165) is 26.6 Å². The van der Waals surface area contributed by atoms with E-state index < -0.39 is 0 Å². The van der Waals surface area contributed by atoms with Crippen LogP contribution in [0.1, 0.15) is 17.1 Å². The number of nitrogens with zero attached hydrogens (tertiary/aromatic N) is 5. The summed E-state index contributed by atoms with van der Waals surface area (Å²) in [5.74, 6) is 0.693. The third-order valence-electron chi connectivity index (χ3n) is 5.39. The van der Waals surface area contributed by atoms with Crippen LogP contribution in [0.15, 0.2) is 91.3 Å². The molecule has 5 aromatic rings. The van der Waals surface area contributed by atoms with Crippen LogP contribution in [0.3, 0.4) is 0 Å². The number of halogens is 2. The molecule has 1 N–H and O–H groups in total. The summed E-state index contributed by atoms with van der Waals surface area (Å²) in [6, 6.07) is 20.4. The zero-order valence-corrected chi connectivity index (χ0v) is 20.6. The van der Waals surface area contributed by atoms with E-state index in [1.54, 1.807) is 31.2 Å². The van der Waals surface area contributed by atoms with Crippen LogP contribution in [0.5, 0.6) is 0 Å². The molecule has 0 aliphatic rings. The van der Waals surface area contributed by atoms with Gasteiger partial charge in [0, 0.05) is 21.1 Å². The maximum atomic E-state index is 13.4. The number of fused-ring (bicyclic) bond motifs is 2. The minimum absolute atomic E-state index is 0.260. The molecule has 9 heteroatoms. The molecule has 0 bridgehead atoms. The number of azo groups is 1. The zero-order valence-electron chi connectivity index (χ0n) is 18.3. The lowest BCUT2D eigenvalue weighted by Gasteiger charge is -2.08. The van der Waals surface area contributed by atoms with E-state index in [1.165, 1.54) is 4.68 Å². The second-order valence-corrected chi connectivity index (χ2v) is 9.01. The van der Waals surface area contributed by atoms with Gasteiger partial charge in [-0.25, -0.2) is 4.98 Å². The van der Waals surface area contributed by atoms with Gasteiger partial charge in [-0.05, 0) is 50.2 Å². The van der Waals surface area contributed by atoms with Gasteiger partial charge in [-0.15, -0.1) is 15.3 Å². The standard InChI is InChI=1S/C25H18BrClN6O/c1-14-23(17-7-3-5-9-20(17)28-14)24(31-30-22-10-6-4-8-19(22)27)32-33-15(2)29-21-12-11-16(26)13-18(21)25(33)34/h3-13,28H,1-2H3/b31-30?,32-24+. The Kier molecular flexibility index (Phi) is 5.85. The summed E-state index contributed by atoms with van der Waals surface area (Å²) in [7, 11) is 0. The summed E-state index contributed by atoms with van der Waals surface area (Å²) in [5, 5.41) is 15.3. The summed E-state index contributed by atoms with van der Waals surface area (Å²) in [6.07, 6.45) is 0. The predicted molar refractivity (Wildman–Crippen MR) is 139 cm³/mol. The van der Waals surface area contributed by atoms with E-state index in [-0.39, 0.29) is 11.4 Å². The zero-order chi connectivity index (χ0) is 23.8. The predicted octanol–water partition coefficient (Wildman–Crippen LogP) is 6.90. The molecule has 7 nitrogen and oxygen atoms in total. The highest BCUT2D eigenvalue weighted by Crippen LogP contribution is 2.27. The first-order chi connectivity index (χ1) is 16.4. The first-order valence-electron chi connectivity index (χ1n) is 10.4. The molecular weight excluding hydrogens is 516 g/mol. The van der Waals surface area contributed by atoms with Gasteiger partial charge >= 0.3 is 0 Å². The quantitative estimate of drug-likeness (QED) is 0.155. The molecule has 0 atom stereocenters. The highest BCUT2D eigenvalue weighted by Gasteiger charge is 2.17. The van der Waals surface area contributed by atoms with Gasteiger partial charge in [0.2, 0.25) is 5.84 Å². The van der Waals surface area contributed by atoms with Crippen molar-refractivity contribution in [3.63, 3.8) is 0 Å². The number of nitrogens with one attached hydrogen (secondary N) is 1. The number of hydrogen-bond acceptors (Lipinski definition) is 4. The average Bonchev–Trinajstić information content (AvgIpc) is 3.16. The molecule has 2 aromatic heterocycles. The van der Waals surface area contributed by atoms with Gasteiger partial charge in [-0.1, -0.05) is 57.9 Å². The van der Waals surface area contributed by atoms with E-state index in [0.29, 0.717) is 27.4 Å². The molecule has 0 saturated heterocycles. The Morgan fingerprint density at radius 2 is 1.79 bits per heavy atom. The molecule has 3 aromatic carbocycles. The first-order valence-corrected chi connectivity index (χ1v) is 11.6. The van der Waals surface area contributed by atoms with Crippen LogP contribution in [-0.4, -0.2) is 20.5 Å². The molecule has 168 valence electrons. The maximum Gasteiger partial charge on any atom is 0.282 e. The van der Waals surface area contributed by atoms with Crippen molar-refractivity contribution in [2.75, 3.05) is 0 Å². The van der Waals surface area contributed by atoms with Gasteiger partial charge in [-0.2, -0.15) is 4.68 Å². The molecule has 0 aliphatic carbocycles. The first kappa shape index (κ1) is 22.2. The van der Waals surface area contributed by atoms with Crippen molar-refractivity contribution in [3.8, 4) is 0 Å². The fourth-order valence-corrected chi connectivity index (χ4v) is 4.33. The van der Waals surface area contributed by atoms with Gasteiger partial charge in [0.05, 0.1) is 21.5 Å². The Hall–Kier alpha value is -3.62. The molecule has 0 spiro atoms. The number of aromatic amines is 1. The second-order valence-electron chi connectivity index (χ2n) is 7.68.